The van der Waals surface area contributed by atoms with Crippen LogP contribution in [0.3, 0.4) is 0 Å². The van der Waals surface area contributed by atoms with Gasteiger partial charge in [-0.25, -0.2) is 15.0 Å². The summed E-state index contributed by atoms with van der Waals surface area (Å²) in [6.45, 7) is 1.80. The number of hydrogen-bond donors (Lipinski definition) is 1. The minimum absolute atomic E-state index is 0.214. The van der Waals surface area contributed by atoms with Gasteiger partial charge in [0.25, 0.3) is 0 Å². The fourth-order valence-electron chi connectivity index (χ4n) is 1.81. The van der Waals surface area contributed by atoms with Crippen LogP contribution in [0.15, 0.2) is 35.1 Å². The first kappa shape index (κ1) is 16.4. The predicted molar refractivity (Wildman–Crippen MR) is 95.6 cm³/mol. The largest absolute Gasteiger partial charge is 0.308 e. The zero-order valence-electron chi connectivity index (χ0n) is 11.8. The van der Waals surface area contributed by atoms with Crippen LogP contribution >= 0.6 is 46.3 Å². The van der Waals surface area contributed by atoms with E-state index in [-0.39, 0.29) is 17.0 Å². The second-order valence-corrected chi connectivity index (χ2v) is 7.62. The zero-order valence-corrected chi connectivity index (χ0v) is 14.9. The van der Waals surface area contributed by atoms with Gasteiger partial charge >= 0.3 is 0 Å². The molecule has 1 amide bonds. The number of amides is 1. The number of aromatic nitrogens is 3. The van der Waals surface area contributed by atoms with Crippen molar-refractivity contribution in [1.29, 1.82) is 0 Å². The molecule has 1 atom stereocenters. The summed E-state index contributed by atoms with van der Waals surface area (Å²) in [6, 6.07) is 3.48. The van der Waals surface area contributed by atoms with E-state index >= 15 is 0 Å². The normalized spacial score (nSPS) is 12.3. The van der Waals surface area contributed by atoms with Crippen molar-refractivity contribution in [3.05, 3.63) is 40.1 Å². The average molecular weight is 385 g/mol. The first-order chi connectivity index (χ1) is 11.0. The standard InChI is InChI=1S/C14H10Cl2N4OS2/c1-7(12(21)20-11-10(16)4-8(15)5-17-11)23-14-9-2-3-22-13(9)18-6-19-14/h2-7H,1H3,(H,17,20,21)/t7-/m1/s1. The summed E-state index contributed by atoms with van der Waals surface area (Å²) in [5, 5.41) is 6.70. The lowest BCUT2D eigenvalue weighted by molar-refractivity contribution is -0.115. The molecule has 9 heteroatoms. The lowest BCUT2D eigenvalue weighted by Gasteiger charge is -2.12. The summed E-state index contributed by atoms with van der Waals surface area (Å²) in [4.78, 5) is 25.7. The van der Waals surface area contributed by atoms with E-state index in [9.17, 15) is 4.79 Å². The zero-order chi connectivity index (χ0) is 16.4. The van der Waals surface area contributed by atoms with E-state index < -0.39 is 0 Å². The van der Waals surface area contributed by atoms with Crippen molar-refractivity contribution in [2.24, 2.45) is 0 Å². The highest BCUT2D eigenvalue weighted by Crippen LogP contribution is 2.31. The fourth-order valence-corrected chi connectivity index (χ4v) is 3.93. The van der Waals surface area contributed by atoms with Crippen LogP contribution in [0.4, 0.5) is 5.82 Å². The maximum absolute atomic E-state index is 12.3. The Morgan fingerprint density at radius 2 is 2.17 bits per heavy atom. The summed E-state index contributed by atoms with van der Waals surface area (Å²) in [6.07, 6.45) is 2.93. The van der Waals surface area contributed by atoms with E-state index in [0.29, 0.717) is 10.0 Å². The van der Waals surface area contributed by atoms with Gasteiger partial charge in [0.2, 0.25) is 5.91 Å². The van der Waals surface area contributed by atoms with Gasteiger partial charge in [0.1, 0.15) is 16.2 Å². The molecular formula is C14H10Cl2N4OS2. The van der Waals surface area contributed by atoms with Gasteiger partial charge in [0, 0.05) is 11.6 Å². The van der Waals surface area contributed by atoms with Crippen molar-refractivity contribution in [3.8, 4) is 0 Å². The minimum atomic E-state index is -0.374. The number of fused-ring (bicyclic) bond motifs is 1. The molecule has 3 rings (SSSR count). The summed E-state index contributed by atoms with van der Waals surface area (Å²) >= 11 is 14.7. The Balaban J connectivity index is 1.74. The molecule has 0 unspecified atom stereocenters. The number of thiophene rings is 1. The summed E-state index contributed by atoms with van der Waals surface area (Å²) < 4.78 is 0. The van der Waals surface area contributed by atoms with Gasteiger partial charge < -0.3 is 5.32 Å². The molecule has 3 heterocycles. The van der Waals surface area contributed by atoms with Crippen LogP contribution in [0.5, 0.6) is 0 Å². The Morgan fingerprint density at radius 3 is 2.96 bits per heavy atom. The molecule has 0 saturated heterocycles. The topological polar surface area (TPSA) is 67.8 Å². The first-order valence-corrected chi connectivity index (χ1v) is 9.03. The highest BCUT2D eigenvalue weighted by atomic mass is 35.5. The molecule has 0 saturated carbocycles. The van der Waals surface area contributed by atoms with Crippen LogP contribution in [0, 0.1) is 0 Å². The molecule has 3 aromatic rings. The number of halogens is 2. The van der Waals surface area contributed by atoms with Crippen LogP contribution in [-0.2, 0) is 4.79 Å². The fraction of sp³-hybridized carbons (Fsp3) is 0.143. The van der Waals surface area contributed by atoms with E-state index in [1.54, 1.807) is 6.92 Å². The van der Waals surface area contributed by atoms with Gasteiger partial charge in [-0.3, -0.25) is 4.79 Å². The van der Waals surface area contributed by atoms with Crippen molar-refractivity contribution in [1.82, 2.24) is 15.0 Å². The van der Waals surface area contributed by atoms with Gasteiger partial charge in [-0.15, -0.1) is 11.3 Å². The molecular weight excluding hydrogens is 375 g/mol. The van der Waals surface area contributed by atoms with Gasteiger partial charge in [-0.1, -0.05) is 35.0 Å². The Kier molecular flexibility index (Phi) is 5.01. The third kappa shape index (κ3) is 3.74. The molecule has 23 heavy (non-hydrogen) atoms. The summed E-state index contributed by atoms with van der Waals surface area (Å²) in [7, 11) is 0. The van der Waals surface area contributed by atoms with Crippen molar-refractivity contribution < 1.29 is 4.79 Å². The van der Waals surface area contributed by atoms with E-state index in [1.807, 2.05) is 11.4 Å². The Bertz CT molecular complexity index is 871. The van der Waals surface area contributed by atoms with E-state index in [4.69, 9.17) is 23.2 Å². The number of nitrogens with zero attached hydrogens (tertiary/aromatic N) is 3. The van der Waals surface area contributed by atoms with Gasteiger partial charge in [0.15, 0.2) is 5.82 Å². The molecule has 0 spiro atoms. The number of carbonyl (C=O) groups is 1. The van der Waals surface area contributed by atoms with Crippen LogP contribution in [0.25, 0.3) is 10.2 Å². The lowest BCUT2D eigenvalue weighted by Crippen LogP contribution is -2.23. The predicted octanol–water partition coefficient (Wildman–Crippen LogP) is 4.51. The number of rotatable bonds is 4. The number of pyridine rings is 1. The Hall–Kier alpha value is -1.41. The smallest absolute Gasteiger partial charge is 0.238 e. The number of thioether (sulfide) groups is 1. The van der Waals surface area contributed by atoms with E-state index in [1.165, 1.54) is 41.7 Å². The van der Waals surface area contributed by atoms with E-state index in [2.05, 4.69) is 20.3 Å². The number of carbonyl (C=O) groups excluding carboxylic acids is 1. The van der Waals surface area contributed by atoms with Crippen molar-refractivity contribution in [2.75, 3.05) is 5.32 Å². The average Bonchev–Trinajstić information content (AvgIpc) is 2.99. The SMILES string of the molecule is C[C@@H](Sc1ncnc2sccc12)C(=O)Nc1ncc(Cl)cc1Cl. The molecule has 0 aliphatic rings. The Labute approximate surface area is 150 Å². The highest BCUT2D eigenvalue weighted by Gasteiger charge is 2.18. The third-order valence-electron chi connectivity index (χ3n) is 2.93. The maximum atomic E-state index is 12.3. The molecule has 0 fully saturated rings. The van der Waals surface area contributed by atoms with Gasteiger partial charge in [-0.05, 0) is 24.4 Å². The molecule has 0 aromatic carbocycles. The summed E-state index contributed by atoms with van der Waals surface area (Å²) in [5.74, 6) is 0.0746. The molecule has 0 aliphatic heterocycles. The Morgan fingerprint density at radius 1 is 1.35 bits per heavy atom. The molecule has 0 aliphatic carbocycles. The molecule has 3 aromatic heterocycles. The van der Waals surface area contributed by atoms with E-state index in [0.717, 1.165) is 15.2 Å². The molecule has 118 valence electrons. The molecule has 0 bridgehead atoms. The van der Waals surface area contributed by atoms with Crippen molar-refractivity contribution in [2.45, 2.75) is 17.2 Å². The van der Waals surface area contributed by atoms with Crippen molar-refractivity contribution >= 4 is 68.2 Å². The molecule has 5 nitrogen and oxygen atoms in total. The minimum Gasteiger partial charge on any atom is -0.308 e. The second kappa shape index (κ2) is 7.00. The number of hydrogen-bond acceptors (Lipinski definition) is 6. The van der Waals surface area contributed by atoms with Gasteiger partial charge in [-0.2, -0.15) is 0 Å². The van der Waals surface area contributed by atoms with Crippen LogP contribution in [-0.4, -0.2) is 26.1 Å². The number of anilines is 1. The molecule has 0 radical (unpaired) electrons. The van der Waals surface area contributed by atoms with Crippen LogP contribution in [0.2, 0.25) is 10.0 Å². The monoisotopic (exact) mass is 384 g/mol. The summed E-state index contributed by atoms with van der Waals surface area (Å²) in [5.41, 5.74) is 0. The quantitative estimate of drug-likeness (QED) is 0.529. The third-order valence-corrected chi connectivity index (χ3v) is 5.36. The lowest BCUT2D eigenvalue weighted by atomic mass is 10.4. The number of nitrogens with one attached hydrogen (secondary N) is 1. The van der Waals surface area contributed by atoms with Crippen molar-refractivity contribution in [3.63, 3.8) is 0 Å². The highest BCUT2D eigenvalue weighted by molar-refractivity contribution is 8.00. The van der Waals surface area contributed by atoms with Gasteiger partial charge in [0.05, 0.1) is 15.3 Å². The van der Waals surface area contributed by atoms with Crippen LogP contribution < -0.4 is 5.32 Å². The molecule has 1 N–H and O–H groups in total. The van der Waals surface area contributed by atoms with Crippen LogP contribution in [0.1, 0.15) is 6.92 Å². The maximum Gasteiger partial charge on any atom is 0.238 e. The first-order valence-electron chi connectivity index (χ1n) is 6.51. The second-order valence-electron chi connectivity index (χ2n) is 4.55.